The number of ether oxygens (including phenoxy) is 3. The maximum Gasteiger partial charge on any atom is 0.573 e. The first-order valence-electron chi connectivity index (χ1n) is 11.2. The van der Waals surface area contributed by atoms with Crippen molar-refractivity contribution in [1.29, 1.82) is 0 Å². The fourth-order valence-electron chi connectivity index (χ4n) is 3.86. The summed E-state index contributed by atoms with van der Waals surface area (Å²) in [4.78, 5) is 10.8. The lowest BCUT2D eigenvalue weighted by Gasteiger charge is -2.35. The number of nitrogens with zero attached hydrogens (tertiary/aromatic N) is 4. The Morgan fingerprint density at radius 3 is 2.42 bits per heavy atom. The number of aliphatic hydroxyl groups is 1. The summed E-state index contributed by atoms with van der Waals surface area (Å²) in [6, 6.07) is 12.7. The average molecular weight is 527 g/mol. The molecule has 8 nitrogen and oxygen atoms in total. The lowest BCUT2D eigenvalue weighted by atomic mass is 10.2. The third-order valence-corrected chi connectivity index (χ3v) is 5.68. The van der Waals surface area contributed by atoms with E-state index in [-0.39, 0.29) is 25.6 Å². The largest absolute Gasteiger partial charge is 0.573 e. The van der Waals surface area contributed by atoms with Crippen LogP contribution in [0.4, 0.5) is 13.2 Å². The van der Waals surface area contributed by atoms with Crippen molar-refractivity contribution in [3.63, 3.8) is 0 Å². The highest BCUT2D eigenvalue weighted by atomic mass is 35.5. The molecule has 0 saturated heterocycles. The van der Waals surface area contributed by atoms with Crippen LogP contribution in [0.3, 0.4) is 0 Å². The van der Waals surface area contributed by atoms with E-state index < -0.39 is 12.7 Å². The molecule has 0 spiro atoms. The minimum atomic E-state index is -4.74. The summed E-state index contributed by atoms with van der Waals surface area (Å²) in [6.45, 7) is 1.98. The van der Waals surface area contributed by atoms with E-state index in [0.717, 1.165) is 17.1 Å². The summed E-state index contributed by atoms with van der Waals surface area (Å²) in [7, 11) is 1.92. The third kappa shape index (κ3) is 6.74. The number of halogens is 4. The molecule has 0 aliphatic carbocycles. The van der Waals surface area contributed by atoms with Gasteiger partial charge < -0.3 is 34.0 Å². The number of amidine groups is 1. The SMILES string of the molecule is CN1CN(CCO)C=C2C1=NC(OCCOc1ccc(OC(F)(F)F)cc1)N2Cc1ccc(Cl)cc1. The molecule has 194 valence electrons. The van der Waals surface area contributed by atoms with Gasteiger partial charge in [0.25, 0.3) is 0 Å². The number of β-amino-alcohol motifs (C(OH)–C–C–N with tert-alkyl or cyclic N) is 1. The summed E-state index contributed by atoms with van der Waals surface area (Å²) in [5.74, 6) is 0.852. The van der Waals surface area contributed by atoms with Gasteiger partial charge in [-0.05, 0) is 42.0 Å². The van der Waals surface area contributed by atoms with E-state index in [1.165, 1.54) is 24.3 Å². The van der Waals surface area contributed by atoms with Crippen LogP contribution in [0, 0.1) is 0 Å². The molecule has 12 heteroatoms. The number of benzene rings is 2. The van der Waals surface area contributed by atoms with E-state index in [0.29, 0.717) is 30.5 Å². The van der Waals surface area contributed by atoms with E-state index >= 15 is 0 Å². The second kappa shape index (κ2) is 11.3. The zero-order valence-corrected chi connectivity index (χ0v) is 20.2. The first-order chi connectivity index (χ1) is 17.2. The first kappa shape index (κ1) is 25.9. The predicted molar refractivity (Wildman–Crippen MR) is 127 cm³/mol. The van der Waals surface area contributed by atoms with E-state index in [9.17, 15) is 18.3 Å². The van der Waals surface area contributed by atoms with Crippen molar-refractivity contribution in [3.05, 3.63) is 71.0 Å². The second-order valence-electron chi connectivity index (χ2n) is 8.16. The molecule has 1 atom stereocenters. The van der Waals surface area contributed by atoms with Crippen LogP contribution in [0.15, 0.2) is 65.4 Å². The number of aliphatic imine (C=N–C) groups is 1. The van der Waals surface area contributed by atoms with Crippen LogP contribution in [-0.2, 0) is 11.3 Å². The van der Waals surface area contributed by atoms with Gasteiger partial charge in [-0.15, -0.1) is 13.2 Å². The molecule has 4 rings (SSSR count). The van der Waals surface area contributed by atoms with E-state index in [2.05, 4.69) is 4.74 Å². The lowest BCUT2D eigenvalue weighted by Crippen LogP contribution is -2.44. The van der Waals surface area contributed by atoms with Gasteiger partial charge in [-0.25, -0.2) is 4.99 Å². The van der Waals surface area contributed by atoms with Crippen LogP contribution in [0.1, 0.15) is 5.56 Å². The van der Waals surface area contributed by atoms with Crippen molar-refractivity contribution >= 4 is 17.4 Å². The van der Waals surface area contributed by atoms with Crippen molar-refractivity contribution < 1.29 is 32.5 Å². The Morgan fingerprint density at radius 1 is 1.06 bits per heavy atom. The topological polar surface area (TPSA) is 70.0 Å². The molecule has 0 bridgehead atoms. The Balaban J connectivity index is 1.40. The Bertz CT molecular complexity index is 1080. The Labute approximate surface area is 211 Å². The van der Waals surface area contributed by atoms with Crippen molar-refractivity contribution in [2.75, 3.05) is 40.1 Å². The predicted octanol–water partition coefficient (Wildman–Crippen LogP) is 3.87. The molecule has 2 aliphatic heterocycles. The zero-order valence-electron chi connectivity index (χ0n) is 19.5. The van der Waals surface area contributed by atoms with Gasteiger partial charge in [-0.2, -0.15) is 0 Å². The number of hydrogen-bond acceptors (Lipinski definition) is 8. The Hall–Kier alpha value is -3.15. The molecule has 2 aliphatic rings. The lowest BCUT2D eigenvalue weighted by molar-refractivity contribution is -0.274. The van der Waals surface area contributed by atoms with Crippen LogP contribution in [0.5, 0.6) is 11.5 Å². The normalized spacial score (nSPS) is 17.6. The van der Waals surface area contributed by atoms with Gasteiger partial charge in [0.15, 0.2) is 5.84 Å². The minimum absolute atomic E-state index is 0.0296. The van der Waals surface area contributed by atoms with Gasteiger partial charge in [0.1, 0.15) is 18.1 Å². The molecule has 1 unspecified atom stereocenters. The van der Waals surface area contributed by atoms with Gasteiger partial charge in [0.2, 0.25) is 6.35 Å². The maximum absolute atomic E-state index is 12.3. The molecular formula is C24H26ClF3N4O4. The number of hydrogen-bond donors (Lipinski definition) is 1. The number of fused-ring (bicyclic) bond motifs is 1. The van der Waals surface area contributed by atoms with E-state index in [4.69, 9.17) is 26.1 Å². The van der Waals surface area contributed by atoms with Crippen molar-refractivity contribution in [3.8, 4) is 11.5 Å². The van der Waals surface area contributed by atoms with Crippen LogP contribution in [0.2, 0.25) is 5.02 Å². The molecule has 2 aromatic rings. The molecule has 36 heavy (non-hydrogen) atoms. The average Bonchev–Trinajstić information content (AvgIpc) is 3.16. The molecule has 0 aromatic heterocycles. The Morgan fingerprint density at radius 2 is 1.75 bits per heavy atom. The zero-order chi connectivity index (χ0) is 25.7. The van der Waals surface area contributed by atoms with Gasteiger partial charge in [0, 0.05) is 31.4 Å². The molecule has 0 saturated carbocycles. The summed E-state index contributed by atoms with van der Waals surface area (Å²) >= 11 is 6.03. The van der Waals surface area contributed by atoms with Crippen LogP contribution in [0.25, 0.3) is 0 Å². The van der Waals surface area contributed by atoms with Crippen molar-refractivity contribution in [2.24, 2.45) is 4.99 Å². The van der Waals surface area contributed by atoms with Gasteiger partial charge >= 0.3 is 6.36 Å². The van der Waals surface area contributed by atoms with E-state index in [1.807, 2.05) is 52.2 Å². The Kier molecular flexibility index (Phi) is 8.12. The highest BCUT2D eigenvalue weighted by Gasteiger charge is 2.36. The smallest absolute Gasteiger partial charge is 0.491 e. The molecular weight excluding hydrogens is 501 g/mol. The summed E-state index contributed by atoms with van der Waals surface area (Å²) in [5, 5.41) is 10.0. The number of rotatable bonds is 10. The maximum atomic E-state index is 12.3. The van der Waals surface area contributed by atoms with Crippen molar-refractivity contribution in [2.45, 2.75) is 19.3 Å². The second-order valence-corrected chi connectivity index (χ2v) is 8.60. The van der Waals surface area contributed by atoms with Crippen LogP contribution in [-0.4, -0.2) is 78.4 Å². The fraction of sp³-hybridized carbons (Fsp3) is 0.375. The molecule has 2 aromatic carbocycles. The highest BCUT2D eigenvalue weighted by molar-refractivity contribution is 6.30. The van der Waals surface area contributed by atoms with Gasteiger partial charge in [-0.1, -0.05) is 23.7 Å². The molecule has 2 heterocycles. The third-order valence-electron chi connectivity index (χ3n) is 5.43. The van der Waals surface area contributed by atoms with Crippen molar-refractivity contribution in [1.82, 2.24) is 14.7 Å². The van der Waals surface area contributed by atoms with Gasteiger partial charge in [0.05, 0.1) is 25.6 Å². The molecule has 0 amide bonds. The van der Waals surface area contributed by atoms with E-state index in [1.54, 1.807) is 0 Å². The number of aliphatic hydroxyl groups excluding tert-OH is 1. The summed E-state index contributed by atoms with van der Waals surface area (Å²) < 4.78 is 52.4. The fourth-order valence-corrected chi connectivity index (χ4v) is 3.98. The number of alkyl halides is 3. The molecule has 0 radical (unpaired) electrons. The molecule has 0 fully saturated rings. The van der Waals surface area contributed by atoms with Gasteiger partial charge in [-0.3, -0.25) is 0 Å². The van der Waals surface area contributed by atoms with Crippen LogP contribution < -0.4 is 9.47 Å². The monoisotopic (exact) mass is 526 g/mol. The molecule has 1 N–H and O–H groups in total. The minimum Gasteiger partial charge on any atom is -0.491 e. The standard InChI is InChI=1S/C24H26ClF3N4O4/c1-30-16-31(10-11-33)15-21-22(30)29-23(32(21)14-17-2-4-18(25)5-3-17)35-13-12-34-19-6-8-20(9-7-19)36-24(26,27)28/h2-9,15,23,33H,10-14,16H2,1H3. The van der Waals surface area contributed by atoms with Crippen LogP contribution >= 0.6 is 11.6 Å². The summed E-state index contributed by atoms with van der Waals surface area (Å²) in [5.41, 5.74) is 1.89. The number of likely N-dealkylation sites (N-methyl/N-ethyl adjacent to an activating group) is 1. The highest BCUT2D eigenvalue weighted by Crippen LogP contribution is 2.29. The summed E-state index contributed by atoms with van der Waals surface area (Å²) in [6.07, 6.45) is -3.38. The quantitative estimate of drug-likeness (QED) is 0.471. The first-order valence-corrected chi connectivity index (χ1v) is 11.6.